The zero-order valence-corrected chi connectivity index (χ0v) is 13.9. The van der Waals surface area contributed by atoms with Crippen molar-refractivity contribution < 1.29 is 28.8 Å². The smallest absolute Gasteiger partial charge is 0.333 e. The molecule has 0 aromatic heterocycles. The number of esters is 1. The molecule has 0 saturated carbocycles. The van der Waals surface area contributed by atoms with E-state index in [-0.39, 0.29) is 19.3 Å². The standard InChI is InChI=1S/C16H28O6/c1-5-12(6-2)22-14-9-11(16(18)20-7-3)8-13(15(14)17)21-10-19-4/h9,12-15,17H,5-8,10H2,1-4H3/t13-,14-,15+/m1/s1. The van der Waals surface area contributed by atoms with Crippen LogP contribution in [0, 0.1) is 0 Å². The van der Waals surface area contributed by atoms with Crippen LogP contribution >= 0.6 is 0 Å². The van der Waals surface area contributed by atoms with Gasteiger partial charge in [-0.05, 0) is 25.8 Å². The lowest BCUT2D eigenvalue weighted by Gasteiger charge is -2.34. The highest BCUT2D eigenvalue weighted by Gasteiger charge is 2.36. The summed E-state index contributed by atoms with van der Waals surface area (Å²) in [5.74, 6) is -0.390. The van der Waals surface area contributed by atoms with E-state index in [0.29, 0.717) is 12.2 Å². The van der Waals surface area contributed by atoms with Crippen LogP contribution in [0.3, 0.4) is 0 Å². The normalized spacial score (nSPS) is 25.2. The summed E-state index contributed by atoms with van der Waals surface area (Å²) in [6.45, 7) is 6.17. The molecule has 0 radical (unpaired) electrons. The lowest BCUT2D eigenvalue weighted by Crippen LogP contribution is -2.45. The van der Waals surface area contributed by atoms with Crippen molar-refractivity contribution in [2.45, 2.75) is 64.4 Å². The number of aliphatic hydroxyl groups is 1. The molecule has 6 nitrogen and oxygen atoms in total. The van der Waals surface area contributed by atoms with Crippen LogP contribution < -0.4 is 0 Å². The molecule has 0 bridgehead atoms. The molecule has 22 heavy (non-hydrogen) atoms. The Balaban J connectivity index is 2.88. The predicted molar refractivity (Wildman–Crippen MR) is 81.3 cm³/mol. The molecule has 0 spiro atoms. The van der Waals surface area contributed by atoms with Gasteiger partial charge < -0.3 is 24.1 Å². The molecule has 0 aromatic carbocycles. The summed E-state index contributed by atoms with van der Waals surface area (Å²) < 4.78 is 21.3. The number of ether oxygens (including phenoxy) is 4. The van der Waals surface area contributed by atoms with Crippen LogP contribution in [-0.2, 0) is 23.7 Å². The summed E-state index contributed by atoms with van der Waals surface area (Å²) >= 11 is 0. The molecule has 3 atom stereocenters. The number of carbonyl (C=O) groups is 1. The van der Waals surface area contributed by atoms with Crippen LogP contribution in [0.2, 0.25) is 0 Å². The maximum absolute atomic E-state index is 12.0. The molecular weight excluding hydrogens is 288 g/mol. The van der Waals surface area contributed by atoms with E-state index in [4.69, 9.17) is 18.9 Å². The van der Waals surface area contributed by atoms with Gasteiger partial charge in [0.05, 0.1) is 18.8 Å². The minimum atomic E-state index is -0.839. The maximum Gasteiger partial charge on any atom is 0.333 e. The molecule has 1 N–H and O–H groups in total. The van der Waals surface area contributed by atoms with Gasteiger partial charge in [0.25, 0.3) is 0 Å². The summed E-state index contributed by atoms with van der Waals surface area (Å²) in [6.07, 6.45) is 1.68. The maximum atomic E-state index is 12.0. The Labute approximate surface area is 132 Å². The van der Waals surface area contributed by atoms with Gasteiger partial charge in [0, 0.05) is 19.1 Å². The second kappa shape index (κ2) is 9.94. The zero-order valence-electron chi connectivity index (χ0n) is 13.9. The summed E-state index contributed by atoms with van der Waals surface area (Å²) in [4.78, 5) is 12.0. The molecule has 0 aromatic rings. The number of rotatable bonds is 9. The largest absolute Gasteiger partial charge is 0.463 e. The minimum Gasteiger partial charge on any atom is -0.463 e. The Hall–Kier alpha value is -0.950. The summed E-state index contributed by atoms with van der Waals surface area (Å²) in [6, 6.07) is 0. The molecule has 0 unspecified atom stereocenters. The van der Waals surface area contributed by atoms with Crippen LogP contribution in [-0.4, -0.2) is 56.0 Å². The average molecular weight is 316 g/mol. The van der Waals surface area contributed by atoms with Crippen molar-refractivity contribution in [2.24, 2.45) is 0 Å². The third-order valence-corrected chi connectivity index (χ3v) is 3.70. The van der Waals surface area contributed by atoms with Crippen LogP contribution in [0.5, 0.6) is 0 Å². The lowest BCUT2D eigenvalue weighted by molar-refractivity contribution is -0.157. The van der Waals surface area contributed by atoms with Crippen molar-refractivity contribution in [1.82, 2.24) is 0 Å². The molecule has 1 aliphatic carbocycles. The predicted octanol–water partition coefficient (Wildman–Crippen LogP) is 1.80. The van der Waals surface area contributed by atoms with Crippen molar-refractivity contribution in [2.75, 3.05) is 20.5 Å². The SMILES string of the molecule is CCOC(=O)C1=C[C@@H](OC(CC)CC)[C@@H](O)[C@H](OCOC)C1. The fraction of sp³-hybridized carbons (Fsp3) is 0.812. The summed E-state index contributed by atoms with van der Waals surface area (Å²) in [5.41, 5.74) is 0.476. The van der Waals surface area contributed by atoms with Gasteiger partial charge in [-0.3, -0.25) is 0 Å². The Kier molecular flexibility index (Phi) is 8.63. The van der Waals surface area contributed by atoms with Gasteiger partial charge in [-0.25, -0.2) is 4.79 Å². The molecule has 0 amide bonds. The van der Waals surface area contributed by atoms with Gasteiger partial charge in [0.15, 0.2) is 0 Å². The second-order valence-corrected chi connectivity index (χ2v) is 5.26. The highest BCUT2D eigenvalue weighted by molar-refractivity contribution is 5.88. The first kappa shape index (κ1) is 19.1. The first-order chi connectivity index (χ1) is 10.6. The highest BCUT2D eigenvalue weighted by atomic mass is 16.7. The highest BCUT2D eigenvalue weighted by Crippen LogP contribution is 2.26. The van der Waals surface area contributed by atoms with E-state index in [9.17, 15) is 9.90 Å². The number of hydrogen-bond acceptors (Lipinski definition) is 6. The quantitative estimate of drug-likeness (QED) is 0.516. The molecule has 1 rings (SSSR count). The van der Waals surface area contributed by atoms with E-state index in [0.717, 1.165) is 12.8 Å². The molecule has 0 heterocycles. The number of aliphatic hydroxyl groups excluding tert-OH is 1. The van der Waals surface area contributed by atoms with E-state index >= 15 is 0 Å². The monoisotopic (exact) mass is 316 g/mol. The Bertz CT molecular complexity index is 364. The third kappa shape index (κ3) is 5.35. The number of methoxy groups -OCH3 is 1. The fourth-order valence-corrected chi connectivity index (χ4v) is 2.43. The van der Waals surface area contributed by atoms with Crippen LogP contribution in [0.4, 0.5) is 0 Å². The Morgan fingerprint density at radius 3 is 2.59 bits per heavy atom. The fourth-order valence-electron chi connectivity index (χ4n) is 2.43. The summed E-state index contributed by atoms with van der Waals surface area (Å²) in [5, 5.41) is 10.4. The first-order valence-corrected chi connectivity index (χ1v) is 7.89. The van der Waals surface area contributed by atoms with Crippen molar-refractivity contribution in [3.8, 4) is 0 Å². The lowest BCUT2D eigenvalue weighted by atomic mass is 9.91. The van der Waals surface area contributed by atoms with Crippen molar-refractivity contribution in [1.29, 1.82) is 0 Å². The van der Waals surface area contributed by atoms with Crippen molar-refractivity contribution in [3.63, 3.8) is 0 Å². The second-order valence-electron chi connectivity index (χ2n) is 5.26. The molecule has 0 aliphatic heterocycles. The van der Waals surface area contributed by atoms with Gasteiger partial charge in [-0.2, -0.15) is 0 Å². The van der Waals surface area contributed by atoms with E-state index in [2.05, 4.69) is 0 Å². The third-order valence-electron chi connectivity index (χ3n) is 3.70. The first-order valence-electron chi connectivity index (χ1n) is 7.89. The molecular formula is C16H28O6. The van der Waals surface area contributed by atoms with Crippen LogP contribution in [0.1, 0.15) is 40.0 Å². The average Bonchev–Trinajstić information content (AvgIpc) is 2.52. The Morgan fingerprint density at radius 2 is 2.05 bits per heavy atom. The Morgan fingerprint density at radius 1 is 1.36 bits per heavy atom. The van der Waals surface area contributed by atoms with Gasteiger partial charge in [-0.15, -0.1) is 0 Å². The van der Waals surface area contributed by atoms with E-state index < -0.39 is 24.3 Å². The zero-order chi connectivity index (χ0) is 16.5. The van der Waals surface area contributed by atoms with Crippen molar-refractivity contribution in [3.05, 3.63) is 11.6 Å². The van der Waals surface area contributed by atoms with E-state index in [1.54, 1.807) is 13.0 Å². The van der Waals surface area contributed by atoms with Crippen LogP contribution in [0.25, 0.3) is 0 Å². The topological polar surface area (TPSA) is 74.2 Å². The summed E-state index contributed by atoms with van der Waals surface area (Å²) in [7, 11) is 1.51. The molecule has 0 fully saturated rings. The van der Waals surface area contributed by atoms with Gasteiger partial charge in [-0.1, -0.05) is 13.8 Å². The number of hydrogen-bond donors (Lipinski definition) is 1. The van der Waals surface area contributed by atoms with Gasteiger partial charge in [0.2, 0.25) is 0 Å². The van der Waals surface area contributed by atoms with Gasteiger partial charge in [0.1, 0.15) is 19.0 Å². The van der Waals surface area contributed by atoms with Gasteiger partial charge >= 0.3 is 5.97 Å². The number of carbonyl (C=O) groups excluding carboxylic acids is 1. The van der Waals surface area contributed by atoms with Crippen molar-refractivity contribution >= 4 is 5.97 Å². The van der Waals surface area contributed by atoms with E-state index in [1.165, 1.54) is 7.11 Å². The molecule has 128 valence electrons. The molecule has 1 aliphatic rings. The molecule has 6 heteroatoms. The molecule has 0 saturated heterocycles. The minimum absolute atomic E-state index is 0.0283. The van der Waals surface area contributed by atoms with Crippen LogP contribution in [0.15, 0.2) is 11.6 Å². The van der Waals surface area contributed by atoms with E-state index in [1.807, 2.05) is 13.8 Å².